The maximum Gasteiger partial charge on any atom is 0.118 e. The van der Waals surface area contributed by atoms with Gasteiger partial charge in [-0.05, 0) is 59.7 Å². The van der Waals surface area contributed by atoms with Crippen LogP contribution in [0.15, 0.2) is 64.8 Å². The van der Waals surface area contributed by atoms with Crippen molar-refractivity contribution in [1.29, 1.82) is 0 Å². The maximum atomic E-state index is 10.8. The van der Waals surface area contributed by atoms with Crippen LogP contribution in [0.4, 0.5) is 0 Å². The summed E-state index contributed by atoms with van der Waals surface area (Å²) in [5, 5.41) is 11.5. The average molecular weight is 389 g/mol. The molecule has 0 fully saturated rings. The molecule has 3 rings (SSSR count). The van der Waals surface area contributed by atoms with Crippen LogP contribution >= 0.6 is 23.4 Å². The zero-order chi connectivity index (χ0) is 18.7. The number of allylic oxidation sites excluding steroid dienone is 1. The first kappa shape index (κ1) is 19.2. The molecule has 1 aliphatic rings. The molecule has 2 nitrogen and oxygen atoms in total. The van der Waals surface area contributed by atoms with Crippen LogP contribution in [0.1, 0.15) is 43.9 Å². The number of halogens is 1. The predicted molar refractivity (Wildman–Crippen MR) is 110 cm³/mol. The van der Waals surface area contributed by atoms with E-state index >= 15 is 0 Å². The first-order valence-electron chi connectivity index (χ1n) is 8.86. The highest BCUT2D eigenvalue weighted by Crippen LogP contribution is 2.50. The van der Waals surface area contributed by atoms with Crippen molar-refractivity contribution in [2.45, 2.75) is 43.3 Å². The second-order valence-electron chi connectivity index (χ2n) is 7.51. The van der Waals surface area contributed by atoms with E-state index in [0.717, 1.165) is 39.6 Å². The summed E-state index contributed by atoms with van der Waals surface area (Å²) in [6.45, 7) is 4.42. The molecule has 1 atom stereocenters. The Balaban J connectivity index is 1.98. The minimum absolute atomic E-state index is 0.00759. The smallest absolute Gasteiger partial charge is 0.118 e. The molecule has 0 aromatic heterocycles. The third kappa shape index (κ3) is 4.39. The highest BCUT2D eigenvalue weighted by atomic mass is 35.5. The molecule has 2 aromatic carbocycles. The molecule has 4 heteroatoms. The molecular weight excluding hydrogens is 364 g/mol. The second kappa shape index (κ2) is 7.98. The number of hydrogen-bond donors (Lipinski definition) is 1. The minimum atomic E-state index is 0.00759. The first-order valence-corrected chi connectivity index (χ1v) is 10.1. The second-order valence-corrected chi connectivity index (χ2v) is 9.09. The van der Waals surface area contributed by atoms with Crippen molar-refractivity contribution in [3.05, 3.63) is 70.4 Å². The number of aliphatic hydroxyl groups excluding tert-OH is 1. The van der Waals surface area contributed by atoms with Gasteiger partial charge in [0, 0.05) is 16.3 Å². The van der Waals surface area contributed by atoms with E-state index in [1.807, 2.05) is 30.3 Å². The molecule has 138 valence electrons. The predicted octanol–water partition coefficient (Wildman–Crippen LogP) is 7.20. The van der Waals surface area contributed by atoms with Gasteiger partial charge in [-0.2, -0.15) is 0 Å². The Morgan fingerprint density at radius 1 is 1.12 bits per heavy atom. The third-order valence-electron chi connectivity index (χ3n) is 4.91. The molecular formula is C22H25ClO2S. The Morgan fingerprint density at radius 3 is 2.42 bits per heavy atom. The Labute approximate surface area is 165 Å². The highest BCUT2D eigenvalue weighted by Gasteiger charge is 2.32. The zero-order valence-corrected chi connectivity index (χ0v) is 17.0. The van der Waals surface area contributed by atoms with Gasteiger partial charge in [-0.1, -0.05) is 43.6 Å². The van der Waals surface area contributed by atoms with E-state index in [2.05, 4.69) is 32.0 Å². The van der Waals surface area contributed by atoms with Gasteiger partial charge < -0.3 is 9.84 Å². The number of rotatable bonds is 5. The fraction of sp³-hybridized carbons (Fsp3) is 0.364. The Hall–Kier alpha value is -1.58. The molecule has 1 N–H and O–H groups in total. The molecule has 0 radical (unpaired) electrons. The number of benzene rings is 2. The largest absolute Gasteiger partial charge is 0.512 e. The Kier molecular flexibility index (Phi) is 5.89. The maximum absolute atomic E-state index is 10.8. The lowest BCUT2D eigenvalue weighted by atomic mass is 9.76. The summed E-state index contributed by atoms with van der Waals surface area (Å²) in [7, 11) is 1.67. The average Bonchev–Trinajstić information content (AvgIpc) is 2.61. The van der Waals surface area contributed by atoms with Crippen LogP contribution < -0.4 is 4.74 Å². The van der Waals surface area contributed by atoms with Gasteiger partial charge in [0.05, 0.1) is 18.1 Å². The molecule has 2 aromatic rings. The number of aliphatic hydroxyl groups is 1. The molecule has 1 unspecified atom stereocenters. The van der Waals surface area contributed by atoms with Crippen molar-refractivity contribution in [3.8, 4) is 5.75 Å². The van der Waals surface area contributed by atoms with Crippen molar-refractivity contribution in [3.63, 3.8) is 0 Å². The minimum Gasteiger partial charge on any atom is -0.512 e. The summed E-state index contributed by atoms with van der Waals surface area (Å²) >= 11 is 8.25. The molecule has 0 heterocycles. The SMILES string of the molecule is COc1ccc(SC(C2=C(O)CC(C)(C)CC2)c2ccccc2Cl)cc1. The van der Waals surface area contributed by atoms with Crippen molar-refractivity contribution >= 4 is 23.4 Å². The van der Waals surface area contributed by atoms with Gasteiger partial charge in [-0.3, -0.25) is 0 Å². The van der Waals surface area contributed by atoms with Crippen LogP contribution in [0.2, 0.25) is 5.02 Å². The van der Waals surface area contributed by atoms with Crippen molar-refractivity contribution in [2.75, 3.05) is 7.11 Å². The summed E-state index contributed by atoms with van der Waals surface area (Å²) in [6, 6.07) is 16.0. The fourth-order valence-electron chi connectivity index (χ4n) is 3.36. The van der Waals surface area contributed by atoms with E-state index in [9.17, 15) is 5.11 Å². The molecule has 0 bridgehead atoms. The van der Waals surface area contributed by atoms with Crippen molar-refractivity contribution < 1.29 is 9.84 Å². The molecule has 0 aliphatic heterocycles. The van der Waals surface area contributed by atoms with E-state index in [4.69, 9.17) is 16.3 Å². The monoisotopic (exact) mass is 388 g/mol. The van der Waals surface area contributed by atoms with Gasteiger partial charge in [0.2, 0.25) is 0 Å². The number of methoxy groups -OCH3 is 1. The highest BCUT2D eigenvalue weighted by molar-refractivity contribution is 7.99. The molecule has 0 spiro atoms. The van der Waals surface area contributed by atoms with Gasteiger partial charge in [0.1, 0.15) is 5.75 Å². The van der Waals surface area contributed by atoms with Crippen LogP contribution in [0.25, 0.3) is 0 Å². The summed E-state index contributed by atoms with van der Waals surface area (Å²) < 4.78 is 5.25. The van der Waals surface area contributed by atoms with Crippen LogP contribution in [-0.4, -0.2) is 12.2 Å². The molecule has 0 amide bonds. The lowest BCUT2D eigenvalue weighted by Gasteiger charge is -2.34. The quantitative estimate of drug-likeness (QED) is 0.549. The zero-order valence-electron chi connectivity index (χ0n) is 15.5. The lowest BCUT2D eigenvalue weighted by Crippen LogP contribution is -2.20. The summed E-state index contributed by atoms with van der Waals surface area (Å²) in [6.07, 6.45) is 2.67. The van der Waals surface area contributed by atoms with Crippen LogP contribution in [-0.2, 0) is 0 Å². The lowest BCUT2D eigenvalue weighted by molar-refractivity contribution is 0.238. The van der Waals surface area contributed by atoms with Gasteiger partial charge in [-0.15, -0.1) is 11.8 Å². The standard InChI is InChI=1S/C22H25ClO2S/c1-22(2)13-12-18(20(24)14-22)21(17-6-4-5-7-19(17)23)26-16-10-8-15(25-3)9-11-16/h4-11,21,24H,12-14H2,1-3H3. The topological polar surface area (TPSA) is 29.5 Å². The van der Waals surface area contributed by atoms with Crippen LogP contribution in [0.5, 0.6) is 5.75 Å². The fourth-order valence-corrected chi connectivity index (χ4v) is 4.96. The van der Waals surface area contributed by atoms with Gasteiger partial charge in [0.15, 0.2) is 0 Å². The first-order chi connectivity index (χ1) is 12.4. The third-order valence-corrected chi connectivity index (χ3v) is 6.57. The van der Waals surface area contributed by atoms with Crippen molar-refractivity contribution in [1.82, 2.24) is 0 Å². The number of hydrogen-bond acceptors (Lipinski definition) is 3. The van der Waals surface area contributed by atoms with E-state index < -0.39 is 0 Å². The van der Waals surface area contributed by atoms with E-state index in [0.29, 0.717) is 12.2 Å². The Morgan fingerprint density at radius 2 is 1.81 bits per heavy atom. The summed E-state index contributed by atoms with van der Waals surface area (Å²) in [4.78, 5) is 1.13. The number of ether oxygens (including phenoxy) is 1. The van der Waals surface area contributed by atoms with Crippen molar-refractivity contribution in [2.24, 2.45) is 5.41 Å². The van der Waals surface area contributed by atoms with E-state index in [1.165, 1.54) is 0 Å². The normalized spacial score (nSPS) is 17.8. The molecule has 0 saturated heterocycles. The molecule has 26 heavy (non-hydrogen) atoms. The van der Waals surface area contributed by atoms with Crippen LogP contribution in [0.3, 0.4) is 0 Å². The Bertz CT molecular complexity index is 796. The van der Waals surface area contributed by atoms with Gasteiger partial charge >= 0.3 is 0 Å². The summed E-state index contributed by atoms with van der Waals surface area (Å²) in [5.41, 5.74) is 2.29. The van der Waals surface area contributed by atoms with E-state index in [1.54, 1.807) is 18.9 Å². The molecule has 1 aliphatic carbocycles. The number of thioether (sulfide) groups is 1. The van der Waals surface area contributed by atoms with E-state index in [-0.39, 0.29) is 10.7 Å². The van der Waals surface area contributed by atoms with Gasteiger partial charge in [0.25, 0.3) is 0 Å². The summed E-state index contributed by atoms with van der Waals surface area (Å²) in [5.74, 6) is 1.36. The van der Waals surface area contributed by atoms with Crippen LogP contribution in [0, 0.1) is 5.41 Å². The molecule has 0 saturated carbocycles. The van der Waals surface area contributed by atoms with Gasteiger partial charge in [-0.25, -0.2) is 0 Å².